The van der Waals surface area contributed by atoms with Crippen LogP contribution in [0, 0.1) is 0 Å². The number of carbonyl (C=O) groups is 1. The molecule has 0 bridgehead atoms. The van der Waals surface area contributed by atoms with E-state index in [0.717, 1.165) is 0 Å². The van der Waals surface area contributed by atoms with E-state index in [2.05, 4.69) is 9.47 Å². The zero-order valence-electron chi connectivity index (χ0n) is 9.23. The summed E-state index contributed by atoms with van der Waals surface area (Å²) < 4.78 is 33.0. The Kier molecular flexibility index (Phi) is 4.84. The van der Waals surface area contributed by atoms with Crippen molar-refractivity contribution in [2.75, 3.05) is 7.11 Å². The molecule has 0 heterocycles. The van der Waals surface area contributed by atoms with E-state index in [1.165, 1.54) is 13.2 Å². The number of hydrogen-bond donors (Lipinski definition) is 1. The predicted octanol–water partition coefficient (Wildman–Crippen LogP) is 1.33. The van der Waals surface area contributed by atoms with E-state index < -0.39 is 18.6 Å². The Morgan fingerprint density at radius 2 is 2.06 bits per heavy atom. The maximum atomic E-state index is 12.1. The van der Waals surface area contributed by atoms with Crippen LogP contribution in [0.15, 0.2) is 24.3 Å². The SMILES string of the molecule is COC(=O)C(N)Cc1ccccc1OC(F)F. The standard InChI is InChI=1S/C11H13F2NO3/c1-16-10(15)8(14)6-7-4-2-3-5-9(7)17-11(12)13/h2-5,8,11H,6,14H2,1H3. The van der Waals surface area contributed by atoms with Gasteiger partial charge in [-0.1, -0.05) is 18.2 Å². The number of alkyl halides is 2. The Morgan fingerprint density at radius 1 is 1.41 bits per heavy atom. The summed E-state index contributed by atoms with van der Waals surface area (Å²) >= 11 is 0. The summed E-state index contributed by atoms with van der Waals surface area (Å²) in [5.74, 6) is -0.585. The predicted molar refractivity (Wildman–Crippen MR) is 56.8 cm³/mol. The molecule has 0 aliphatic heterocycles. The number of hydrogen-bond acceptors (Lipinski definition) is 4. The van der Waals surface area contributed by atoms with Crippen LogP contribution >= 0.6 is 0 Å². The van der Waals surface area contributed by atoms with Crippen LogP contribution in [0.3, 0.4) is 0 Å². The fraction of sp³-hybridized carbons (Fsp3) is 0.364. The molecule has 0 fully saturated rings. The number of carbonyl (C=O) groups excluding carboxylic acids is 1. The molecule has 1 aromatic carbocycles. The fourth-order valence-corrected chi connectivity index (χ4v) is 1.36. The lowest BCUT2D eigenvalue weighted by atomic mass is 10.1. The van der Waals surface area contributed by atoms with Gasteiger partial charge in [0.25, 0.3) is 0 Å². The number of rotatable bonds is 5. The van der Waals surface area contributed by atoms with Crippen molar-refractivity contribution in [3.63, 3.8) is 0 Å². The molecule has 1 unspecified atom stereocenters. The molecule has 1 atom stereocenters. The molecule has 0 aliphatic carbocycles. The van der Waals surface area contributed by atoms with Crippen LogP contribution in [0.2, 0.25) is 0 Å². The Morgan fingerprint density at radius 3 is 2.65 bits per heavy atom. The normalized spacial score (nSPS) is 12.3. The van der Waals surface area contributed by atoms with E-state index in [0.29, 0.717) is 5.56 Å². The van der Waals surface area contributed by atoms with E-state index in [-0.39, 0.29) is 12.2 Å². The van der Waals surface area contributed by atoms with Crippen LogP contribution in [0.1, 0.15) is 5.56 Å². The number of nitrogens with two attached hydrogens (primary N) is 1. The molecule has 0 amide bonds. The Hall–Kier alpha value is -1.69. The van der Waals surface area contributed by atoms with E-state index in [9.17, 15) is 13.6 Å². The summed E-state index contributed by atoms with van der Waals surface area (Å²) in [5, 5.41) is 0. The van der Waals surface area contributed by atoms with Crippen molar-refractivity contribution in [1.82, 2.24) is 0 Å². The highest BCUT2D eigenvalue weighted by molar-refractivity contribution is 5.75. The lowest BCUT2D eigenvalue weighted by Gasteiger charge is -2.13. The number of para-hydroxylation sites is 1. The van der Waals surface area contributed by atoms with Gasteiger partial charge >= 0.3 is 12.6 Å². The molecule has 0 radical (unpaired) electrons. The van der Waals surface area contributed by atoms with Crippen molar-refractivity contribution in [1.29, 1.82) is 0 Å². The van der Waals surface area contributed by atoms with E-state index in [4.69, 9.17) is 5.73 Å². The summed E-state index contributed by atoms with van der Waals surface area (Å²) in [6.45, 7) is -2.91. The molecular formula is C11H13F2NO3. The monoisotopic (exact) mass is 245 g/mol. The van der Waals surface area contributed by atoms with Gasteiger partial charge in [0.2, 0.25) is 0 Å². The summed E-state index contributed by atoms with van der Waals surface area (Å²) in [7, 11) is 1.21. The van der Waals surface area contributed by atoms with Crippen LogP contribution in [-0.2, 0) is 16.0 Å². The minimum absolute atomic E-state index is 0.0156. The lowest BCUT2D eigenvalue weighted by molar-refractivity contribution is -0.142. The summed E-state index contributed by atoms with van der Waals surface area (Å²) in [6.07, 6.45) is 0.0789. The van der Waals surface area contributed by atoms with Crippen LogP contribution in [0.5, 0.6) is 5.75 Å². The lowest BCUT2D eigenvalue weighted by Crippen LogP contribution is -2.33. The Balaban J connectivity index is 2.79. The van der Waals surface area contributed by atoms with Gasteiger partial charge in [-0.15, -0.1) is 0 Å². The average Bonchev–Trinajstić information content (AvgIpc) is 2.29. The van der Waals surface area contributed by atoms with Gasteiger partial charge in [-0.2, -0.15) is 8.78 Å². The maximum absolute atomic E-state index is 12.1. The molecule has 1 rings (SSSR count). The third-order valence-corrected chi connectivity index (χ3v) is 2.13. The largest absolute Gasteiger partial charge is 0.468 e. The second-order valence-electron chi connectivity index (χ2n) is 3.32. The number of halogens is 2. The van der Waals surface area contributed by atoms with Gasteiger partial charge in [0.05, 0.1) is 7.11 Å². The number of esters is 1. The minimum atomic E-state index is -2.91. The molecule has 6 heteroatoms. The first-order chi connectivity index (χ1) is 8.04. The second kappa shape index (κ2) is 6.15. The van der Waals surface area contributed by atoms with Crippen molar-refractivity contribution in [3.8, 4) is 5.75 Å². The van der Waals surface area contributed by atoms with E-state index in [1.807, 2.05) is 0 Å². The highest BCUT2D eigenvalue weighted by atomic mass is 19.3. The number of methoxy groups -OCH3 is 1. The highest BCUT2D eigenvalue weighted by Crippen LogP contribution is 2.21. The molecule has 2 N–H and O–H groups in total. The van der Waals surface area contributed by atoms with Gasteiger partial charge < -0.3 is 15.2 Å². The van der Waals surface area contributed by atoms with Gasteiger partial charge in [-0.25, -0.2) is 0 Å². The first-order valence-corrected chi connectivity index (χ1v) is 4.90. The van der Waals surface area contributed by atoms with Crippen molar-refractivity contribution >= 4 is 5.97 Å². The quantitative estimate of drug-likeness (QED) is 0.795. The molecule has 0 aromatic heterocycles. The first kappa shape index (κ1) is 13.4. The van der Waals surface area contributed by atoms with Crippen molar-refractivity contribution in [2.45, 2.75) is 19.1 Å². The molecule has 4 nitrogen and oxygen atoms in total. The zero-order valence-corrected chi connectivity index (χ0v) is 9.23. The van der Waals surface area contributed by atoms with E-state index in [1.54, 1.807) is 18.2 Å². The topological polar surface area (TPSA) is 61.5 Å². The molecule has 0 saturated carbocycles. The van der Waals surface area contributed by atoms with Crippen molar-refractivity contribution in [2.24, 2.45) is 5.73 Å². The van der Waals surface area contributed by atoms with Crippen LogP contribution in [0.4, 0.5) is 8.78 Å². The molecule has 17 heavy (non-hydrogen) atoms. The summed E-state index contributed by atoms with van der Waals surface area (Å²) in [5.41, 5.74) is 5.98. The highest BCUT2D eigenvalue weighted by Gasteiger charge is 2.17. The average molecular weight is 245 g/mol. The molecule has 0 saturated heterocycles. The minimum Gasteiger partial charge on any atom is -0.468 e. The van der Waals surface area contributed by atoms with Crippen LogP contribution in [0.25, 0.3) is 0 Å². The molecule has 0 aliphatic rings. The summed E-state index contributed by atoms with van der Waals surface area (Å²) in [4.78, 5) is 11.1. The van der Waals surface area contributed by atoms with Crippen LogP contribution < -0.4 is 10.5 Å². The third-order valence-electron chi connectivity index (χ3n) is 2.13. The van der Waals surface area contributed by atoms with Gasteiger partial charge in [-0.3, -0.25) is 4.79 Å². The van der Waals surface area contributed by atoms with Gasteiger partial charge in [-0.05, 0) is 11.6 Å². The first-order valence-electron chi connectivity index (χ1n) is 4.90. The zero-order chi connectivity index (χ0) is 12.8. The van der Waals surface area contributed by atoms with Gasteiger partial charge in [0.1, 0.15) is 11.8 Å². The van der Waals surface area contributed by atoms with Gasteiger partial charge in [0.15, 0.2) is 0 Å². The smallest absolute Gasteiger partial charge is 0.387 e. The molecular weight excluding hydrogens is 232 g/mol. The summed E-state index contributed by atoms with van der Waals surface area (Å²) in [6, 6.07) is 5.27. The number of ether oxygens (including phenoxy) is 2. The van der Waals surface area contributed by atoms with Crippen LogP contribution in [-0.4, -0.2) is 25.7 Å². The molecule has 0 spiro atoms. The fourth-order valence-electron chi connectivity index (χ4n) is 1.36. The Bertz CT molecular complexity index is 385. The van der Waals surface area contributed by atoms with E-state index >= 15 is 0 Å². The van der Waals surface area contributed by atoms with Crippen molar-refractivity contribution in [3.05, 3.63) is 29.8 Å². The second-order valence-corrected chi connectivity index (χ2v) is 3.32. The van der Waals surface area contributed by atoms with Gasteiger partial charge in [0, 0.05) is 6.42 Å². The molecule has 1 aromatic rings. The Labute approximate surface area is 97.3 Å². The third kappa shape index (κ3) is 3.99. The van der Waals surface area contributed by atoms with Crippen molar-refractivity contribution < 1.29 is 23.0 Å². The maximum Gasteiger partial charge on any atom is 0.387 e. The molecule has 94 valence electrons. The number of benzene rings is 1.